The van der Waals surface area contributed by atoms with Crippen molar-refractivity contribution in [3.05, 3.63) is 46.4 Å². The molecule has 2 aliphatic heterocycles. The number of likely N-dealkylation sites (tertiary alicyclic amines) is 1. The Labute approximate surface area is 228 Å². The summed E-state index contributed by atoms with van der Waals surface area (Å²) >= 11 is 0. The Morgan fingerprint density at radius 3 is 2.34 bits per heavy atom. The fourth-order valence-electron chi connectivity index (χ4n) is 6.82. The zero-order valence-corrected chi connectivity index (χ0v) is 23.7. The molecule has 7 nitrogen and oxygen atoms in total. The summed E-state index contributed by atoms with van der Waals surface area (Å²) < 4.78 is 0. The third kappa shape index (κ3) is 5.98. The van der Waals surface area contributed by atoms with Crippen LogP contribution in [0, 0.1) is 12.3 Å². The molecule has 3 aliphatic rings. The molecule has 2 saturated heterocycles. The van der Waals surface area contributed by atoms with Gasteiger partial charge in [-0.15, -0.1) is 0 Å². The smallest absolute Gasteiger partial charge is 0.269 e. The van der Waals surface area contributed by atoms with E-state index in [1.807, 2.05) is 0 Å². The lowest BCUT2D eigenvalue weighted by Crippen LogP contribution is -2.46. The summed E-state index contributed by atoms with van der Waals surface area (Å²) in [7, 11) is 2.25. The van der Waals surface area contributed by atoms with Gasteiger partial charge in [-0.1, -0.05) is 38.3 Å². The first kappa shape index (κ1) is 26.9. The second-order valence-corrected chi connectivity index (χ2v) is 12.1. The zero-order valence-electron chi connectivity index (χ0n) is 23.7. The standard InChI is InChI=1S/C31H46N6O/c1-4-25-30(33-24-8-6-5-7-9-24)35-26(28(34-25)29(32)38)21-23-10-11-27(22(2)20-23)37-18-14-31(15-19-37)12-16-36(3)17-13-31/h10-11,20,24H,4-9,12-19,21H2,1-3H3,(H2,32,38)(H,33,35). The minimum Gasteiger partial charge on any atom is -0.371 e. The number of carbonyl (C=O) groups excluding carboxylic acids is 1. The van der Waals surface area contributed by atoms with E-state index in [2.05, 4.69) is 54.2 Å². The first-order chi connectivity index (χ1) is 18.4. The van der Waals surface area contributed by atoms with Crippen molar-refractivity contribution in [2.75, 3.05) is 43.4 Å². The van der Waals surface area contributed by atoms with E-state index in [9.17, 15) is 4.79 Å². The Hall–Kier alpha value is -2.67. The van der Waals surface area contributed by atoms with Crippen molar-refractivity contribution in [1.29, 1.82) is 0 Å². The van der Waals surface area contributed by atoms with Gasteiger partial charge in [0.15, 0.2) is 0 Å². The first-order valence-electron chi connectivity index (χ1n) is 14.8. The molecular formula is C31H46N6O. The highest BCUT2D eigenvalue weighted by atomic mass is 16.1. The summed E-state index contributed by atoms with van der Waals surface area (Å²) in [4.78, 5) is 27.0. The Morgan fingerprint density at radius 1 is 1.03 bits per heavy atom. The molecule has 1 spiro atoms. The Bertz CT molecular complexity index is 1120. The van der Waals surface area contributed by atoms with Gasteiger partial charge in [0.2, 0.25) is 0 Å². The van der Waals surface area contributed by atoms with Crippen LogP contribution in [-0.2, 0) is 12.8 Å². The molecule has 0 unspecified atom stereocenters. The molecule has 7 heteroatoms. The van der Waals surface area contributed by atoms with Gasteiger partial charge in [0, 0.05) is 31.2 Å². The molecule has 1 aliphatic carbocycles. The van der Waals surface area contributed by atoms with Crippen LogP contribution in [0.3, 0.4) is 0 Å². The van der Waals surface area contributed by atoms with Gasteiger partial charge in [-0.05, 0) is 94.6 Å². The molecule has 1 aromatic carbocycles. The van der Waals surface area contributed by atoms with Crippen molar-refractivity contribution in [2.24, 2.45) is 11.1 Å². The van der Waals surface area contributed by atoms with Gasteiger partial charge in [-0.2, -0.15) is 0 Å². The summed E-state index contributed by atoms with van der Waals surface area (Å²) in [5, 5.41) is 3.65. The predicted molar refractivity (Wildman–Crippen MR) is 155 cm³/mol. The molecule has 1 amide bonds. The summed E-state index contributed by atoms with van der Waals surface area (Å²) in [6.45, 7) is 9.00. The highest BCUT2D eigenvalue weighted by Gasteiger charge is 2.37. The van der Waals surface area contributed by atoms with Crippen LogP contribution in [0.15, 0.2) is 18.2 Å². The Balaban J connectivity index is 1.31. The van der Waals surface area contributed by atoms with Crippen LogP contribution in [0.1, 0.15) is 97.7 Å². The Kier molecular flexibility index (Phi) is 8.22. The van der Waals surface area contributed by atoms with Crippen LogP contribution in [0.4, 0.5) is 11.5 Å². The van der Waals surface area contributed by atoms with Crippen LogP contribution in [0.5, 0.6) is 0 Å². The average molecular weight is 519 g/mol. The molecule has 1 saturated carbocycles. The summed E-state index contributed by atoms with van der Waals surface area (Å²) in [6.07, 6.45) is 12.7. The number of nitrogens with two attached hydrogens (primary N) is 1. The van der Waals surface area contributed by atoms with Crippen LogP contribution >= 0.6 is 0 Å². The molecule has 38 heavy (non-hydrogen) atoms. The van der Waals surface area contributed by atoms with Gasteiger partial charge in [0.05, 0.1) is 11.4 Å². The number of nitrogens with zero attached hydrogens (tertiary/aromatic N) is 4. The molecule has 206 valence electrons. The lowest BCUT2D eigenvalue weighted by molar-refractivity contribution is 0.0944. The van der Waals surface area contributed by atoms with Gasteiger partial charge in [-0.25, -0.2) is 9.97 Å². The molecule has 0 radical (unpaired) electrons. The highest BCUT2D eigenvalue weighted by Crippen LogP contribution is 2.42. The summed E-state index contributed by atoms with van der Waals surface area (Å²) in [6, 6.07) is 7.13. The van der Waals surface area contributed by atoms with Crippen LogP contribution in [0.2, 0.25) is 0 Å². The maximum Gasteiger partial charge on any atom is 0.269 e. The fourth-order valence-corrected chi connectivity index (χ4v) is 6.82. The number of aromatic nitrogens is 2. The van der Waals surface area contributed by atoms with E-state index in [0.29, 0.717) is 35.7 Å². The zero-order chi connectivity index (χ0) is 26.7. The SMILES string of the molecule is CCc1nc(C(N)=O)c(Cc2ccc(N3CCC4(CCN(C)CC4)CC3)c(C)c2)nc1NC1CCCCC1. The van der Waals surface area contributed by atoms with E-state index < -0.39 is 5.91 Å². The number of primary amides is 1. The number of hydrogen-bond donors (Lipinski definition) is 2. The summed E-state index contributed by atoms with van der Waals surface area (Å²) in [5.74, 6) is 0.319. The molecule has 5 rings (SSSR count). The van der Waals surface area contributed by atoms with E-state index in [-0.39, 0.29) is 0 Å². The number of benzene rings is 1. The number of rotatable bonds is 7. The molecular weight excluding hydrogens is 472 g/mol. The number of piperidine rings is 2. The highest BCUT2D eigenvalue weighted by molar-refractivity contribution is 5.92. The van der Waals surface area contributed by atoms with Crippen molar-refractivity contribution in [3.63, 3.8) is 0 Å². The van der Waals surface area contributed by atoms with Gasteiger partial charge >= 0.3 is 0 Å². The normalized spacial score (nSPS) is 20.6. The Morgan fingerprint density at radius 2 is 1.71 bits per heavy atom. The maximum atomic E-state index is 12.3. The minimum atomic E-state index is -0.504. The number of nitrogens with one attached hydrogen (secondary N) is 1. The third-order valence-electron chi connectivity index (χ3n) is 9.40. The van der Waals surface area contributed by atoms with Gasteiger partial charge in [0.25, 0.3) is 5.91 Å². The van der Waals surface area contributed by atoms with Crippen molar-refractivity contribution in [3.8, 4) is 0 Å². The monoisotopic (exact) mass is 518 g/mol. The van der Waals surface area contributed by atoms with Crippen LogP contribution < -0.4 is 16.0 Å². The van der Waals surface area contributed by atoms with E-state index in [1.54, 1.807) is 0 Å². The van der Waals surface area contributed by atoms with Gasteiger partial charge < -0.3 is 20.9 Å². The van der Waals surface area contributed by atoms with Crippen LogP contribution in [-0.4, -0.2) is 60.0 Å². The van der Waals surface area contributed by atoms with Crippen molar-refractivity contribution in [1.82, 2.24) is 14.9 Å². The molecule has 2 aromatic rings. The quantitative estimate of drug-likeness (QED) is 0.531. The second kappa shape index (κ2) is 11.6. The van der Waals surface area contributed by atoms with E-state index in [0.717, 1.165) is 43.0 Å². The van der Waals surface area contributed by atoms with Crippen molar-refractivity contribution in [2.45, 2.75) is 90.5 Å². The largest absolute Gasteiger partial charge is 0.371 e. The lowest BCUT2D eigenvalue weighted by Gasteiger charge is -2.47. The maximum absolute atomic E-state index is 12.3. The second-order valence-electron chi connectivity index (χ2n) is 12.1. The number of hydrogen-bond acceptors (Lipinski definition) is 6. The van der Waals surface area contributed by atoms with Gasteiger partial charge in [0.1, 0.15) is 11.5 Å². The average Bonchev–Trinajstić information content (AvgIpc) is 2.92. The van der Waals surface area contributed by atoms with E-state index in [4.69, 9.17) is 15.7 Å². The van der Waals surface area contributed by atoms with E-state index >= 15 is 0 Å². The van der Waals surface area contributed by atoms with Crippen molar-refractivity contribution >= 4 is 17.4 Å². The lowest BCUT2D eigenvalue weighted by atomic mass is 9.71. The molecule has 1 aromatic heterocycles. The molecule has 3 fully saturated rings. The third-order valence-corrected chi connectivity index (χ3v) is 9.40. The molecule has 0 bridgehead atoms. The van der Waals surface area contributed by atoms with Gasteiger partial charge in [-0.3, -0.25) is 4.79 Å². The molecule has 0 atom stereocenters. The fraction of sp³-hybridized carbons (Fsp3) is 0.645. The predicted octanol–water partition coefficient (Wildman–Crippen LogP) is 5.09. The summed E-state index contributed by atoms with van der Waals surface area (Å²) in [5.41, 5.74) is 11.9. The van der Waals surface area contributed by atoms with E-state index in [1.165, 1.54) is 69.3 Å². The first-order valence-corrected chi connectivity index (χ1v) is 14.8. The number of amides is 1. The molecule has 3 heterocycles. The number of aryl methyl sites for hydroxylation is 2. The molecule has 3 N–H and O–H groups in total. The number of carbonyl (C=O) groups is 1. The number of anilines is 2. The topological polar surface area (TPSA) is 87.4 Å². The minimum absolute atomic E-state index is 0.303. The van der Waals surface area contributed by atoms with Crippen molar-refractivity contribution < 1.29 is 4.79 Å². The van der Waals surface area contributed by atoms with Crippen LogP contribution in [0.25, 0.3) is 0 Å².